The first-order chi connectivity index (χ1) is 9.58. The lowest BCUT2D eigenvalue weighted by atomic mass is 10.0. The van der Waals surface area contributed by atoms with E-state index in [2.05, 4.69) is 5.32 Å². The molecule has 0 spiro atoms. The predicted molar refractivity (Wildman–Crippen MR) is 79.9 cm³/mol. The Kier molecular flexibility index (Phi) is 5.40. The first-order valence-electron chi connectivity index (χ1n) is 6.95. The number of hydrogen-bond acceptors (Lipinski definition) is 3. The van der Waals surface area contributed by atoms with Gasteiger partial charge in [0.25, 0.3) is 0 Å². The van der Waals surface area contributed by atoms with E-state index in [9.17, 15) is 4.79 Å². The molecule has 1 unspecified atom stereocenters. The standard InChI is InChI=1S/C15H21ClN2O2/c1-11(2)20-10-15(19)18-7-6-17-9-14(18)12-4-3-5-13(16)8-12/h3-5,8,11,14,17H,6-7,9-10H2,1-2H3. The smallest absolute Gasteiger partial charge is 0.249 e. The largest absolute Gasteiger partial charge is 0.369 e. The third-order valence-electron chi connectivity index (χ3n) is 3.34. The number of carbonyl (C=O) groups is 1. The average molecular weight is 297 g/mol. The number of hydrogen-bond donors (Lipinski definition) is 1. The van der Waals surface area contributed by atoms with Gasteiger partial charge in [-0.15, -0.1) is 0 Å². The van der Waals surface area contributed by atoms with Crippen molar-refractivity contribution in [2.24, 2.45) is 0 Å². The Morgan fingerprint density at radius 2 is 2.35 bits per heavy atom. The van der Waals surface area contributed by atoms with Crippen molar-refractivity contribution < 1.29 is 9.53 Å². The van der Waals surface area contributed by atoms with Crippen LogP contribution < -0.4 is 5.32 Å². The summed E-state index contributed by atoms with van der Waals surface area (Å²) in [6.45, 7) is 6.24. The Labute approximate surface area is 125 Å². The molecule has 5 heteroatoms. The topological polar surface area (TPSA) is 41.6 Å². The number of amides is 1. The van der Waals surface area contributed by atoms with Crippen LogP contribution in [0.4, 0.5) is 0 Å². The van der Waals surface area contributed by atoms with Crippen LogP contribution in [-0.2, 0) is 9.53 Å². The molecular formula is C15H21ClN2O2. The van der Waals surface area contributed by atoms with Gasteiger partial charge in [-0.3, -0.25) is 4.79 Å². The molecule has 20 heavy (non-hydrogen) atoms. The number of halogens is 1. The van der Waals surface area contributed by atoms with Crippen molar-refractivity contribution in [2.75, 3.05) is 26.2 Å². The molecule has 1 heterocycles. The van der Waals surface area contributed by atoms with Crippen LogP contribution in [0, 0.1) is 0 Å². The summed E-state index contributed by atoms with van der Waals surface area (Å²) in [5.74, 6) is 0.0326. The van der Waals surface area contributed by atoms with E-state index in [-0.39, 0.29) is 24.7 Å². The van der Waals surface area contributed by atoms with E-state index in [1.165, 1.54) is 0 Å². The van der Waals surface area contributed by atoms with Gasteiger partial charge in [0, 0.05) is 24.7 Å². The van der Waals surface area contributed by atoms with Crippen LogP contribution in [0.5, 0.6) is 0 Å². The van der Waals surface area contributed by atoms with Crippen LogP contribution in [0.25, 0.3) is 0 Å². The second-order valence-electron chi connectivity index (χ2n) is 5.22. The van der Waals surface area contributed by atoms with Crippen molar-refractivity contribution >= 4 is 17.5 Å². The quantitative estimate of drug-likeness (QED) is 0.926. The fraction of sp³-hybridized carbons (Fsp3) is 0.533. The molecule has 110 valence electrons. The third kappa shape index (κ3) is 3.95. The number of benzene rings is 1. The van der Waals surface area contributed by atoms with E-state index >= 15 is 0 Å². The molecule has 0 bridgehead atoms. The van der Waals surface area contributed by atoms with E-state index in [1.807, 2.05) is 43.0 Å². The fourth-order valence-corrected chi connectivity index (χ4v) is 2.53. The summed E-state index contributed by atoms with van der Waals surface area (Å²) in [5, 5.41) is 4.02. The van der Waals surface area contributed by atoms with E-state index in [0.29, 0.717) is 11.6 Å². The van der Waals surface area contributed by atoms with Crippen molar-refractivity contribution in [1.82, 2.24) is 10.2 Å². The highest BCUT2D eigenvalue weighted by Crippen LogP contribution is 2.24. The zero-order valence-electron chi connectivity index (χ0n) is 11.9. The highest BCUT2D eigenvalue weighted by atomic mass is 35.5. The molecule has 1 atom stereocenters. The molecule has 1 aliphatic rings. The summed E-state index contributed by atoms with van der Waals surface area (Å²) < 4.78 is 5.43. The molecule has 1 aromatic rings. The van der Waals surface area contributed by atoms with Crippen molar-refractivity contribution in [1.29, 1.82) is 0 Å². The van der Waals surface area contributed by atoms with Gasteiger partial charge in [0.1, 0.15) is 6.61 Å². The second kappa shape index (κ2) is 7.07. The Bertz CT molecular complexity index is 465. The van der Waals surface area contributed by atoms with Crippen molar-refractivity contribution in [3.05, 3.63) is 34.9 Å². The van der Waals surface area contributed by atoms with Gasteiger partial charge in [-0.2, -0.15) is 0 Å². The van der Waals surface area contributed by atoms with E-state index < -0.39 is 0 Å². The van der Waals surface area contributed by atoms with Crippen LogP contribution >= 0.6 is 11.6 Å². The minimum Gasteiger partial charge on any atom is -0.369 e. The average Bonchev–Trinajstić information content (AvgIpc) is 2.44. The molecule has 1 saturated heterocycles. The number of piperazine rings is 1. The third-order valence-corrected chi connectivity index (χ3v) is 3.57. The van der Waals surface area contributed by atoms with Gasteiger partial charge in [0.15, 0.2) is 0 Å². The Morgan fingerprint density at radius 1 is 1.55 bits per heavy atom. The van der Waals surface area contributed by atoms with Gasteiger partial charge < -0.3 is 15.0 Å². The lowest BCUT2D eigenvalue weighted by Crippen LogP contribution is -2.49. The maximum absolute atomic E-state index is 12.3. The molecule has 1 fully saturated rings. The van der Waals surface area contributed by atoms with Crippen molar-refractivity contribution in [3.8, 4) is 0 Å². The molecule has 2 rings (SSSR count). The molecule has 1 amide bonds. The molecule has 0 radical (unpaired) electrons. The van der Waals surface area contributed by atoms with Gasteiger partial charge in [-0.1, -0.05) is 23.7 Å². The lowest BCUT2D eigenvalue weighted by Gasteiger charge is -2.36. The van der Waals surface area contributed by atoms with E-state index in [1.54, 1.807) is 0 Å². The summed E-state index contributed by atoms with van der Waals surface area (Å²) in [7, 11) is 0. The van der Waals surface area contributed by atoms with Crippen LogP contribution in [0.15, 0.2) is 24.3 Å². The van der Waals surface area contributed by atoms with Crippen LogP contribution in [0.2, 0.25) is 5.02 Å². The second-order valence-corrected chi connectivity index (χ2v) is 5.66. The van der Waals surface area contributed by atoms with Gasteiger partial charge in [-0.25, -0.2) is 0 Å². The normalized spacial score (nSPS) is 19.4. The molecule has 0 aliphatic carbocycles. The Morgan fingerprint density at radius 3 is 3.05 bits per heavy atom. The number of ether oxygens (including phenoxy) is 1. The summed E-state index contributed by atoms with van der Waals surface area (Å²) >= 11 is 6.05. The van der Waals surface area contributed by atoms with Gasteiger partial charge in [0.2, 0.25) is 5.91 Å². The molecular weight excluding hydrogens is 276 g/mol. The first kappa shape index (κ1) is 15.3. The minimum absolute atomic E-state index is 0.0192. The van der Waals surface area contributed by atoms with Crippen molar-refractivity contribution in [3.63, 3.8) is 0 Å². The van der Waals surface area contributed by atoms with E-state index in [4.69, 9.17) is 16.3 Å². The molecule has 1 aromatic carbocycles. The number of nitrogens with zero attached hydrogens (tertiary/aromatic N) is 1. The van der Waals surface area contributed by atoms with Gasteiger partial charge >= 0.3 is 0 Å². The number of nitrogens with one attached hydrogen (secondary N) is 1. The molecule has 1 aliphatic heterocycles. The minimum atomic E-state index is 0.0192. The fourth-order valence-electron chi connectivity index (χ4n) is 2.34. The highest BCUT2D eigenvalue weighted by Gasteiger charge is 2.27. The maximum atomic E-state index is 12.3. The molecule has 0 aromatic heterocycles. The van der Waals surface area contributed by atoms with E-state index in [0.717, 1.165) is 18.7 Å². The van der Waals surface area contributed by atoms with Crippen LogP contribution in [-0.4, -0.2) is 43.2 Å². The molecule has 4 nitrogen and oxygen atoms in total. The first-order valence-corrected chi connectivity index (χ1v) is 7.33. The summed E-state index contributed by atoms with van der Waals surface area (Å²) in [4.78, 5) is 14.2. The van der Waals surface area contributed by atoms with Crippen LogP contribution in [0.1, 0.15) is 25.5 Å². The summed E-state index contributed by atoms with van der Waals surface area (Å²) in [6, 6.07) is 7.70. The molecule has 1 N–H and O–H groups in total. The summed E-state index contributed by atoms with van der Waals surface area (Å²) in [6.07, 6.45) is 0.0616. The summed E-state index contributed by atoms with van der Waals surface area (Å²) in [5.41, 5.74) is 1.06. The van der Waals surface area contributed by atoms with Gasteiger partial charge in [-0.05, 0) is 31.5 Å². The lowest BCUT2D eigenvalue weighted by molar-refractivity contribution is -0.141. The highest BCUT2D eigenvalue weighted by molar-refractivity contribution is 6.30. The van der Waals surface area contributed by atoms with Crippen LogP contribution in [0.3, 0.4) is 0 Å². The number of rotatable bonds is 4. The maximum Gasteiger partial charge on any atom is 0.249 e. The predicted octanol–water partition coefficient (Wildman–Crippen LogP) is 2.24. The van der Waals surface area contributed by atoms with Crippen molar-refractivity contribution in [2.45, 2.75) is 26.0 Å². The SMILES string of the molecule is CC(C)OCC(=O)N1CCNCC1c1cccc(Cl)c1. The molecule has 0 saturated carbocycles. The number of carbonyl (C=O) groups excluding carboxylic acids is 1. The Hall–Kier alpha value is -1.10. The zero-order chi connectivity index (χ0) is 14.5. The van der Waals surface area contributed by atoms with Gasteiger partial charge in [0.05, 0.1) is 12.1 Å². The monoisotopic (exact) mass is 296 g/mol. The zero-order valence-corrected chi connectivity index (χ0v) is 12.7. The Balaban J connectivity index is 2.10.